The lowest BCUT2D eigenvalue weighted by atomic mass is 10.2. The lowest BCUT2D eigenvalue weighted by Gasteiger charge is -2.05. The van der Waals surface area contributed by atoms with Crippen LogP contribution in [0, 0.1) is 0 Å². The van der Waals surface area contributed by atoms with E-state index in [9.17, 15) is 8.42 Å². The van der Waals surface area contributed by atoms with E-state index in [1.165, 1.54) is 15.9 Å². The van der Waals surface area contributed by atoms with E-state index in [4.69, 9.17) is 5.14 Å². The van der Waals surface area contributed by atoms with Crippen molar-refractivity contribution in [2.45, 2.75) is 32.0 Å². The fraction of sp³-hybridized carbons (Fsp3) is 0.400. The van der Waals surface area contributed by atoms with Crippen LogP contribution >= 0.6 is 11.3 Å². The predicted molar refractivity (Wildman–Crippen MR) is 69.8 cm³/mol. The number of hydrogen-bond acceptors (Lipinski definition) is 5. The molecule has 0 atom stereocenters. The van der Waals surface area contributed by atoms with Crippen LogP contribution in [0.1, 0.15) is 19.4 Å². The second kappa shape index (κ2) is 4.79. The number of hydrogen-bond donors (Lipinski definition) is 1. The van der Waals surface area contributed by atoms with Crippen molar-refractivity contribution >= 4 is 21.4 Å². The molecular weight excluding hydrogens is 272 g/mol. The second-order valence-electron chi connectivity index (χ2n) is 3.72. The van der Waals surface area contributed by atoms with Crippen molar-refractivity contribution < 1.29 is 8.42 Å². The average molecular weight is 286 g/mol. The molecule has 2 N–H and O–H groups in total. The summed E-state index contributed by atoms with van der Waals surface area (Å²) in [7, 11) is -3.84. The number of rotatable bonds is 4. The Bertz CT molecular complexity index is 657. The first-order valence-corrected chi connectivity index (χ1v) is 7.94. The van der Waals surface area contributed by atoms with Gasteiger partial charge in [0, 0.05) is 6.54 Å². The summed E-state index contributed by atoms with van der Waals surface area (Å²) in [5.74, 6) is 0.563. The van der Waals surface area contributed by atoms with Crippen molar-refractivity contribution in [1.82, 2.24) is 14.8 Å². The molecule has 2 rings (SSSR count). The smallest absolute Gasteiger partial charge is 0.273 e. The van der Waals surface area contributed by atoms with Crippen molar-refractivity contribution in [3.8, 4) is 10.7 Å². The fourth-order valence-corrected chi connectivity index (χ4v) is 3.43. The van der Waals surface area contributed by atoms with Crippen LogP contribution in [0.3, 0.4) is 0 Å². The first kappa shape index (κ1) is 13.2. The number of nitrogens with zero attached hydrogens (tertiary/aromatic N) is 3. The third kappa shape index (κ3) is 2.18. The van der Waals surface area contributed by atoms with Gasteiger partial charge in [-0.2, -0.15) is 0 Å². The lowest BCUT2D eigenvalue weighted by Crippen LogP contribution is -2.18. The second-order valence-corrected chi connectivity index (χ2v) is 6.10. The highest BCUT2D eigenvalue weighted by Crippen LogP contribution is 2.29. The summed E-state index contributed by atoms with van der Waals surface area (Å²) < 4.78 is 24.3. The highest BCUT2D eigenvalue weighted by atomic mass is 32.2. The number of aromatic nitrogens is 3. The summed E-state index contributed by atoms with van der Waals surface area (Å²) in [6.45, 7) is 4.33. The largest absolute Gasteiger partial charge is 0.296 e. The van der Waals surface area contributed by atoms with Gasteiger partial charge < -0.3 is 0 Å². The molecule has 18 heavy (non-hydrogen) atoms. The average Bonchev–Trinajstić information content (AvgIpc) is 2.93. The molecule has 0 bridgehead atoms. The third-order valence-electron chi connectivity index (χ3n) is 2.62. The van der Waals surface area contributed by atoms with Gasteiger partial charge in [0.05, 0.1) is 4.88 Å². The monoisotopic (exact) mass is 286 g/mol. The Kier molecular flexibility index (Phi) is 3.51. The van der Waals surface area contributed by atoms with Gasteiger partial charge in [-0.3, -0.25) is 4.57 Å². The van der Waals surface area contributed by atoms with E-state index in [1.807, 2.05) is 25.3 Å². The topological polar surface area (TPSA) is 90.9 Å². The molecule has 2 aromatic rings. The van der Waals surface area contributed by atoms with Crippen molar-refractivity contribution in [2.75, 3.05) is 0 Å². The molecule has 0 spiro atoms. The van der Waals surface area contributed by atoms with Crippen molar-refractivity contribution in [2.24, 2.45) is 5.14 Å². The van der Waals surface area contributed by atoms with Crippen LogP contribution < -0.4 is 5.14 Å². The maximum Gasteiger partial charge on any atom is 0.273 e. The molecule has 0 unspecified atom stereocenters. The zero-order chi connectivity index (χ0) is 13.3. The fourth-order valence-electron chi connectivity index (χ4n) is 1.76. The zero-order valence-corrected chi connectivity index (χ0v) is 11.8. The minimum atomic E-state index is -3.84. The van der Waals surface area contributed by atoms with Gasteiger partial charge in [-0.15, -0.1) is 21.5 Å². The van der Waals surface area contributed by atoms with Gasteiger partial charge >= 0.3 is 0 Å². The van der Waals surface area contributed by atoms with E-state index in [1.54, 1.807) is 0 Å². The molecule has 0 amide bonds. The standard InChI is InChI=1S/C10H14N4O2S2/c1-3-7-5-6-17-8(7)9-12-13-10(14(9)4-2)18(11,15)16/h5-6H,3-4H2,1-2H3,(H2,11,15,16). The zero-order valence-electron chi connectivity index (χ0n) is 10.1. The molecule has 0 aromatic carbocycles. The van der Waals surface area contributed by atoms with Crippen molar-refractivity contribution in [3.63, 3.8) is 0 Å². The normalized spacial score (nSPS) is 11.9. The number of primary sulfonamides is 1. The van der Waals surface area contributed by atoms with Gasteiger partial charge in [0.25, 0.3) is 15.2 Å². The van der Waals surface area contributed by atoms with Crippen molar-refractivity contribution in [1.29, 1.82) is 0 Å². The van der Waals surface area contributed by atoms with E-state index >= 15 is 0 Å². The molecule has 98 valence electrons. The predicted octanol–water partition coefficient (Wildman–Crippen LogP) is 1.24. The molecule has 0 aliphatic rings. The highest BCUT2D eigenvalue weighted by Gasteiger charge is 2.22. The number of thiophene rings is 1. The minimum Gasteiger partial charge on any atom is -0.296 e. The van der Waals surface area contributed by atoms with Crippen LogP contribution in [0.2, 0.25) is 0 Å². The van der Waals surface area contributed by atoms with E-state index in [-0.39, 0.29) is 5.16 Å². The van der Waals surface area contributed by atoms with Gasteiger partial charge in [-0.1, -0.05) is 6.92 Å². The molecule has 8 heteroatoms. The third-order valence-corrected chi connectivity index (χ3v) is 4.38. The van der Waals surface area contributed by atoms with Crippen molar-refractivity contribution in [3.05, 3.63) is 17.0 Å². The Balaban J connectivity index is 2.64. The SMILES string of the molecule is CCc1ccsc1-c1nnc(S(N)(=O)=O)n1CC. The summed E-state index contributed by atoms with van der Waals surface area (Å²) in [6, 6.07) is 2.01. The van der Waals surface area contributed by atoms with Crippen LogP contribution in [0.4, 0.5) is 0 Å². The molecule has 0 aliphatic carbocycles. The maximum atomic E-state index is 11.4. The van der Waals surface area contributed by atoms with Gasteiger partial charge in [-0.05, 0) is 30.4 Å². The molecule has 0 fully saturated rings. The summed E-state index contributed by atoms with van der Waals surface area (Å²) in [5.41, 5.74) is 1.13. The van der Waals surface area contributed by atoms with Crippen LogP contribution in [-0.4, -0.2) is 23.2 Å². The van der Waals surface area contributed by atoms with E-state index in [0.717, 1.165) is 16.9 Å². The van der Waals surface area contributed by atoms with Gasteiger partial charge in [-0.25, -0.2) is 13.6 Å². The van der Waals surface area contributed by atoms with E-state index < -0.39 is 10.0 Å². The Morgan fingerprint density at radius 3 is 2.67 bits per heavy atom. The first-order chi connectivity index (χ1) is 8.49. The Labute approximate surface area is 110 Å². The number of sulfonamides is 1. The number of aryl methyl sites for hydroxylation is 1. The minimum absolute atomic E-state index is 0.185. The van der Waals surface area contributed by atoms with Gasteiger partial charge in [0.15, 0.2) is 5.82 Å². The van der Waals surface area contributed by atoms with Crippen LogP contribution in [0.25, 0.3) is 10.7 Å². The molecule has 6 nitrogen and oxygen atoms in total. The summed E-state index contributed by atoms with van der Waals surface area (Å²) in [6.07, 6.45) is 0.861. The quantitative estimate of drug-likeness (QED) is 0.915. The molecular formula is C10H14N4O2S2. The van der Waals surface area contributed by atoms with Crippen LogP contribution in [0.5, 0.6) is 0 Å². The summed E-state index contributed by atoms with van der Waals surface area (Å²) >= 11 is 1.52. The van der Waals surface area contributed by atoms with Gasteiger partial charge in [0.2, 0.25) is 0 Å². The first-order valence-electron chi connectivity index (χ1n) is 5.51. The van der Waals surface area contributed by atoms with Crippen LogP contribution in [-0.2, 0) is 23.0 Å². The summed E-state index contributed by atoms with van der Waals surface area (Å²) in [5, 5.41) is 14.6. The molecule has 0 saturated heterocycles. The Morgan fingerprint density at radius 1 is 1.39 bits per heavy atom. The van der Waals surface area contributed by atoms with E-state index in [2.05, 4.69) is 10.2 Å². The molecule has 0 aliphatic heterocycles. The Hall–Kier alpha value is -1.25. The number of nitrogens with two attached hydrogens (primary N) is 1. The molecule has 0 saturated carbocycles. The lowest BCUT2D eigenvalue weighted by molar-refractivity contribution is 0.571. The van der Waals surface area contributed by atoms with Gasteiger partial charge in [0.1, 0.15) is 0 Å². The molecule has 0 radical (unpaired) electrons. The highest BCUT2D eigenvalue weighted by molar-refractivity contribution is 7.89. The Morgan fingerprint density at radius 2 is 2.11 bits per heavy atom. The molecule has 2 heterocycles. The maximum absolute atomic E-state index is 11.4. The molecule has 2 aromatic heterocycles. The van der Waals surface area contributed by atoms with Crippen LogP contribution in [0.15, 0.2) is 16.6 Å². The van der Waals surface area contributed by atoms with E-state index in [0.29, 0.717) is 12.4 Å². The summed E-state index contributed by atoms with van der Waals surface area (Å²) in [4.78, 5) is 0.946.